The van der Waals surface area contributed by atoms with E-state index in [4.69, 9.17) is 4.74 Å². The number of thioether (sulfide) groups is 1. The van der Waals surface area contributed by atoms with Crippen LogP contribution in [0.3, 0.4) is 0 Å². The molecule has 29 heavy (non-hydrogen) atoms. The van der Waals surface area contributed by atoms with E-state index in [0.717, 1.165) is 34.2 Å². The van der Waals surface area contributed by atoms with Crippen molar-refractivity contribution in [1.82, 2.24) is 20.5 Å². The van der Waals surface area contributed by atoms with E-state index >= 15 is 0 Å². The van der Waals surface area contributed by atoms with Gasteiger partial charge in [-0.15, -0.1) is 5.10 Å². The number of aromatic nitrogens is 3. The number of aryl methyl sites for hydroxylation is 2. The van der Waals surface area contributed by atoms with Crippen LogP contribution >= 0.6 is 11.8 Å². The van der Waals surface area contributed by atoms with Crippen LogP contribution in [0.2, 0.25) is 0 Å². The fourth-order valence-corrected chi connectivity index (χ4v) is 3.19. The Morgan fingerprint density at radius 2 is 1.90 bits per heavy atom. The van der Waals surface area contributed by atoms with Crippen LogP contribution in [0.5, 0.6) is 5.75 Å². The fraction of sp³-hybridized carbons (Fsp3) is 0.200. The lowest BCUT2D eigenvalue weighted by molar-refractivity contribution is -0.117. The average Bonchev–Trinajstić information content (AvgIpc) is 3.18. The molecule has 0 aliphatic carbocycles. The molecule has 1 aromatic heterocycles. The van der Waals surface area contributed by atoms with Gasteiger partial charge in [0, 0.05) is 11.3 Å². The lowest BCUT2D eigenvalue weighted by atomic mass is 10.1. The quantitative estimate of drug-likeness (QED) is 0.535. The third kappa shape index (κ3) is 5.58. The summed E-state index contributed by atoms with van der Waals surface area (Å²) < 4.78 is 5.13. The van der Waals surface area contributed by atoms with E-state index in [1.54, 1.807) is 13.2 Å². The number of methoxy groups -OCH3 is 1. The van der Waals surface area contributed by atoms with Crippen molar-refractivity contribution in [2.45, 2.75) is 19.0 Å². The number of nitrogens with zero attached hydrogens (tertiary/aromatic N) is 2. The molecule has 8 nitrogen and oxygen atoms in total. The lowest BCUT2D eigenvalue weighted by Gasteiger charge is -2.09. The van der Waals surface area contributed by atoms with Crippen LogP contribution < -0.4 is 15.4 Å². The van der Waals surface area contributed by atoms with Crippen molar-refractivity contribution in [1.29, 1.82) is 0 Å². The molecule has 0 bridgehead atoms. The van der Waals surface area contributed by atoms with Gasteiger partial charge in [-0.3, -0.25) is 15.2 Å². The second-order valence-electron chi connectivity index (χ2n) is 6.30. The van der Waals surface area contributed by atoms with Crippen molar-refractivity contribution < 1.29 is 14.3 Å². The molecule has 9 heteroatoms. The number of carbonyl (C=O) groups is 2. The fourth-order valence-electron chi connectivity index (χ4n) is 2.59. The highest BCUT2D eigenvalue weighted by molar-refractivity contribution is 7.99. The molecule has 0 spiro atoms. The van der Waals surface area contributed by atoms with Gasteiger partial charge in [0.05, 0.1) is 12.9 Å². The number of benzene rings is 2. The number of urea groups is 1. The predicted octanol–water partition coefficient (Wildman–Crippen LogP) is 3.54. The predicted molar refractivity (Wildman–Crippen MR) is 112 cm³/mol. The largest absolute Gasteiger partial charge is 0.497 e. The molecule has 2 aromatic carbocycles. The van der Waals surface area contributed by atoms with Crippen LogP contribution in [0.15, 0.2) is 47.6 Å². The van der Waals surface area contributed by atoms with E-state index < -0.39 is 11.9 Å². The number of aromatic amines is 1. The Bertz CT molecular complexity index is 1020. The molecule has 0 aliphatic heterocycles. The van der Waals surface area contributed by atoms with Gasteiger partial charge in [-0.1, -0.05) is 29.5 Å². The highest BCUT2D eigenvalue weighted by Gasteiger charge is 2.12. The van der Waals surface area contributed by atoms with Crippen LogP contribution in [-0.4, -0.2) is 40.0 Å². The number of hydrogen-bond acceptors (Lipinski definition) is 6. The molecule has 3 amide bonds. The van der Waals surface area contributed by atoms with Gasteiger partial charge in [0.15, 0.2) is 5.82 Å². The van der Waals surface area contributed by atoms with Gasteiger partial charge in [-0.05, 0) is 49.7 Å². The molecule has 1 heterocycles. The number of anilines is 1. The molecule has 0 atom stereocenters. The summed E-state index contributed by atoms with van der Waals surface area (Å²) in [4.78, 5) is 28.4. The van der Waals surface area contributed by atoms with Crippen LogP contribution in [0.1, 0.15) is 11.1 Å². The number of nitrogens with one attached hydrogen (secondary N) is 3. The summed E-state index contributed by atoms with van der Waals surface area (Å²) in [6, 6.07) is 12.4. The SMILES string of the molecule is COc1ccc(-c2nc(SCC(=O)NC(=O)Nc3ccc(C)cc3C)n[nH]2)cc1. The van der Waals surface area contributed by atoms with Crippen LogP contribution in [0.25, 0.3) is 11.4 Å². The Hall–Kier alpha value is -3.33. The van der Waals surface area contributed by atoms with Crippen LogP contribution in [0.4, 0.5) is 10.5 Å². The monoisotopic (exact) mass is 411 g/mol. The van der Waals surface area contributed by atoms with Gasteiger partial charge in [-0.2, -0.15) is 0 Å². The summed E-state index contributed by atoms with van der Waals surface area (Å²) in [5.41, 5.74) is 3.53. The summed E-state index contributed by atoms with van der Waals surface area (Å²) in [5, 5.41) is 12.3. The molecule has 0 saturated carbocycles. The number of imide groups is 1. The molecule has 0 aliphatic rings. The summed E-state index contributed by atoms with van der Waals surface area (Å²) in [6.07, 6.45) is 0. The van der Waals surface area contributed by atoms with E-state index in [1.165, 1.54) is 0 Å². The molecule has 0 fully saturated rings. The third-order valence-corrected chi connectivity index (χ3v) is 4.89. The normalized spacial score (nSPS) is 10.4. The van der Waals surface area contributed by atoms with Crippen molar-refractivity contribution >= 4 is 29.4 Å². The third-order valence-electron chi connectivity index (χ3n) is 4.04. The molecule has 0 unspecified atom stereocenters. The maximum atomic E-state index is 12.0. The van der Waals surface area contributed by atoms with E-state index in [2.05, 4.69) is 25.8 Å². The smallest absolute Gasteiger partial charge is 0.325 e. The summed E-state index contributed by atoms with van der Waals surface area (Å²) in [5.74, 6) is 0.912. The number of rotatable bonds is 6. The minimum Gasteiger partial charge on any atom is -0.497 e. The van der Waals surface area contributed by atoms with Gasteiger partial charge in [0.2, 0.25) is 11.1 Å². The number of hydrogen-bond donors (Lipinski definition) is 3. The molecular formula is C20H21N5O3S. The van der Waals surface area contributed by atoms with E-state index in [1.807, 2.05) is 50.2 Å². The Balaban J connectivity index is 1.50. The number of H-pyrrole nitrogens is 1. The van der Waals surface area contributed by atoms with Crippen molar-refractivity contribution in [3.05, 3.63) is 53.6 Å². The summed E-state index contributed by atoms with van der Waals surface area (Å²) in [6.45, 7) is 3.87. The van der Waals surface area contributed by atoms with Gasteiger partial charge in [-0.25, -0.2) is 9.78 Å². The van der Waals surface area contributed by atoms with E-state index in [9.17, 15) is 9.59 Å². The Labute approximate surface area is 172 Å². The van der Waals surface area contributed by atoms with Crippen molar-refractivity contribution in [2.75, 3.05) is 18.2 Å². The van der Waals surface area contributed by atoms with Gasteiger partial charge >= 0.3 is 6.03 Å². The zero-order chi connectivity index (χ0) is 20.8. The Morgan fingerprint density at radius 1 is 1.14 bits per heavy atom. The molecule has 3 aromatic rings. The van der Waals surface area contributed by atoms with Crippen molar-refractivity contribution in [3.63, 3.8) is 0 Å². The number of ether oxygens (including phenoxy) is 1. The molecule has 0 saturated heterocycles. The Morgan fingerprint density at radius 3 is 2.59 bits per heavy atom. The number of carbonyl (C=O) groups excluding carboxylic acids is 2. The topological polar surface area (TPSA) is 109 Å². The van der Waals surface area contributed by atoms with E-state index in [0.29, 0.717) is 16.7 Å². The molecule has 150 valence electrons. The standard InChI is InChI=1S/C20H21N5O3S/c1-12-4-9-16(13(2)10-12)21-19(27)22-17(26)11-29-20-23-18(24-25-20)14-5-7-15(28-3)8-6-14/h4-10H,11H2,1-3H3,(H,23,24,25)(H2,21,22,26,27). The minimum atomic E-state index is -0.573. The summed E-state index contributed by atoms with van der Waals surface area (Å²) >= 11 is 1.13. The molecule has 3 N–H and O–H groups in total. The lowest BCUT2D eigenvalue weighted by Crippen LogP contribution is -2.35. The summed E-state index contributed by atoms with van der Waals surface area (Å²) in [7, 11) is 1.60. The van der Waals surface area contributed by atoms with Crippen LogP contribution in [0, 0.1) is 13.8 Å². The second-order valence-corrected chi connectivity index (χ2v) is 7.25. The maximum absolute atomic E-state index is 12.0. The zero-order valence-electron chi connectivity index (χ0n) is 16.3. The van der Waals surface area contributed by atoms with Crippen molar-refractivity contribution in [3.8, 4) is 17.1 Å². The first kappa shape index (κ1) is 20.4. The van der Waals surface area contributed by atoms with Crippen LogP contribution in [-0.2, 0) is 4.79 Å². The zero-order valence-corrected chi connectivity index (χ0v) is 17.1. The average molecular weight is 411 g/mol. The second kappa shape index (κ2) is 9.24. The maximum Gasteiger partial charge on any atom is 0.325 e. The molecule has 0 radical (unpaired) electrons. The van der Waals surface area contributed by atoms with Gasteiger partial charge < -0.3 is 10.1 Å². The minimum absolute atomic E-state index is 0.0141. The first-order chi connectivity index (χ1) is 13.9. The van der Waals surface area contributed by atoms with E-state index in [-0.39, 0.29) is 5.75 Å². The molecule has 3 rings (SSSR count). The highest BCUT2D eigenvalue weighted by atomic mass is 32.2. The first-order valence-corrected chi connectivity index (χ1v) is 9.81. The first-order valence-electron chi connectivity index (χ1n) is 8.82. The van der Waals surface area contributed by atoms with Gasteiger partial charge in [0.25, 0.3) is 0 Å². The van der Waals surface area contributed by atoms with Crippen molar-refractivity contribution in [2.24, 2.45) is 0 Å². The highest BCUT2D eigenvalue weighted by Crippen LogP contribution is 2.21. The number of amides is 3. The van der Waals surface area contributed by atoms with Gasteiger partial charge in [0.1, 0.15) is 5.75 Å². The Kier molecular flexibility index (Phi) is 6.50. The molecular weight excluding hydrogens is 390 g/mol.